The van der Waals surface area contributed by atoms with Crippen molar-refractivity contribution in [2.45, 2.75) is 57.7 Å². The van der Waals surface area contributed by atoms with Crippen molar-refractivity contribution < 1.29 is 18.8 Å². The molecule has 3 rings (SSSR count). The van der Waals surface area contributed by atoms with Gasteiger partial charge >= 0.3 is 11.8 Å². The fraction of sp³-hybridized carbons (Fsp3) is 0.650. The number of hydrogen-bond acceptors (Lipinski definition) is 5. The number of nitrogens with zero attached hydrogens (tertiary/aromatic N) is 2. The summed E-state index contributed by atoms with van der Waals surface area (Å²) in [6.07, 6.45) is 2.99. The van der Waals surface area contributed by atoms with Crippen LogP contribution in [0.25, 0.3) is 0 Å². The zero-order valence-electron chi connectivity index (χ0n) is 17.1. The minimum Gasteiger partial charge on any atom is -0.459 e. The fourth-order valence-corrected chi connectivity index (χ4v) is 4.48. The number of piperidine rings is 1. The third-order valence-electron chi connectivity index (χ3n) is 5.31. The Kier molecular flexibility index (Phi) is 5.52. The van der Waals surface area contributed by atoms with Crippen LogP contribution in [0.15, 0.2) is 22.8 Å². The smallest absolute Gasteiger partial charge is 0.312 e. The van der Waals surface area contributed by atoms with Gasteiger partial charge in [-0.3, -0.25) is 14.4 Å². The lowest BCUT2D eigenvalue weighted by atomic mass is 9.79. The molecule has 0 spiro atoms. The van der Waals surface area contributed by atoms with Gasteiger partial charge in [-0.1, -0.05) is 0 Å². The maximum atomic E-state index is 12.6. The molecule has 8 heteroatoms. The first-order valence-corrected chi connectivity index (χ1v) is 9.78. The van der Waals surface area contributed by atoms with Gasteiger partial charge in [-0.25, -0.2) is 0 Å². The quantitative estimate of drug-likeness (QED) is 0.735. The summed E-state index contributed by atoms with van der Waals surface area (Å²) in [5.74, 6) is -1.00. The van der Waals surface area contributed by atoms with Crippen LogP contribution in [0, 0.1) is 0 Å². The molecule has 154 valence electrons. The van der Waals surface area contributed by atoms with Crippen LogP contribution in [0.5, 0.6) is 0 Å². The summed E-state index contributed by atoms with van der Waals surface area (Å²) in [6, 6.07) is 3.24. The largest absolute Gasteiger partial charge is 0.459 e. The molecule has 2 N–H and O–H groups in total. The number of carbonyl (C=O) groups is 3. The molecule has 2 fully saturated rings. The number of nitrogens with one attached hydrogen (secondary N) is 2. The van der Waals surface area contributed by atoms with E-state index in [1.807, 2.05) is 0 Å². The standard InChI is InChI=1S/C20H30N4O4/c1-19(2)12-14(13-20(3,4)22-19)21-16(25)18(27)24-9-7-23(8-10-24)17(26)15-6-5-11-28-15/h5-6,11,14,22H,7-10,12-13H2,1-4H3,(H,21,25). The molecule has 8 nitrogen and oxygen atoms in total. The van der Waals surface area contributed by atoms with Crippen LogP contribution in [-0.4, -0.2) is 70.8 Å². The van der Waals surface area contributed by atoms with E-state index in [0.29, 0.717) is 26.2 Å². The zero-order chi connectivity index (χ0) is 20.5. The Morgan fingerprint density at radius 3 is 2.14 bits per heavy atom. The van der Waals surface area contributed by atoms with Crippen molar-refractivity contribution in [3.8, 4) is 0 Å². The van der Waals surface area contributed by atoms with E-state index in [2.05, 4.69) is 38.3 Å². The topological polar surface area (TPSA) is 94.9 Å². The lowest BCUT2D eigenvalue weighted by Gasteiger charge is -2.46. The fourth-order valence-electron chi connectivity index (χ4n) is 4.48. The molecule has 2 aliphatic heterocycles. The number of carbonyl (C=O) groups excluding carboxylic acids is 3. The van der Waals surface area contributed by atoms with Gasteiger partial charge in [0.15, 0.2) is 5.76 Å². The number of furan rings is 1. The lowest BCUT2D eigenvalue weighted by molar-refractivity contribution is -0.147. The Morgan fingerprint density at radius 1 is 1.04 bits per heavy atom. The second-order valence-electron chi connectivity index (χ2n) is 9.03. The van der Waals surface area contributed by atoms with Crippen LogP contribution in [0.2, 0.25) is 0 Å². The number of piperazine rings is 1. The van der Waals surface area contributed by atoms with Gasteiger partial charge in [0.25, 0.3) is 5.91 Å². The first-order valence-electron chi connectivity index (χ1n) is 9.78. The van der Waals surface area contributed by atoms with Crippen molar-refractivity contribution in [1.82, 2.24) is 20.4 Å². The number of hydrogen-bond donors (Lipinski definition) is 2. The Labute approximate surface area is 165 Å². The Bertz CT molecular complexity index is 717. The van der Waals surface area contributed by atoms with Crippen molar-refractivity contribution in [2.24, 2.45) is 0 Å². The van der Waals surface area contributed by atoms with Gasteiger partial charge in [-0.15, -0.1) is 0 Å². The predicted molar refractivity (Wildman–Crippen MR) is 104 cm³/mol. The van der Waals surface area contributed by atoms with Crippen LogP contribution >= 0.6 is 0 Å². The number of rotatable bonds is 2. The molecule has 0 unspecified atom stereocenters. The van der Waals surface area contributed by atoms with Gasteiger partial charge in [0.1, 0.15) is 0 Å². The van der Waals surface area contributed by atoms with E-state index in [4.69, 9.17) is 4.42 Å². The van der Waals surface area contributed by atoms with E-state index >= 15 is 0 Å². The molecule has 1 aromatic rings. The van der Waals surface area contributed by atoms with E-state index in [0.717, 1.165) is 12.8 Å². The van der Waals surface area contributed by atoms with Crippen molar-refractivity contribution in [3.05, 3.63) is 24.2 Å². The van der Waals surface area contributed by atoms with Crippen LogP contribution in [0.4, 0.5) is 0 Å². The van der Waals surface area contributed by atoms with E-state index < -0.39 is 11.8 Å². The minimum atomic E-state index is -0.565. The highest BCUT2D eigenvalue weighted by molar-refractivity contribution is 6.35. The molecule has 0 aromatic carbocycles. The van der Waals surface area contributed by atoms with E-state index in [1.165, 1.54) is 11.2 Å². The molecular formula is C20H30N4O4. The summed E-state index contributed by atoms with van der Waals surface area (Å²) in [5, 5.41) is 6.48. The molecule has 0 radical (unpaired) electrons. The minimum absolute atomic E-state index is 0.0514. The van der Waals surface area contributed by atoms with Crippen LogP contribution in [0.3, 0.4) is 0 Å². The second kappa shape index (κ2) is 7.58. The van der Waals surface area contributed by atoms with Gasteiger partial charge in [-0.05, 0) is 52.7 Å². The summed E-state index contributed by atoms with van der Waals surface area (Å²) in [4.78, 5) is 40.5. The molecule has 1 aromatic heterocycles. The molecule has 0 saturated carbocycles. The summed E-state index contributed by atoms with van der Waals surface area (Å²) in [7, 11) is 0. The molecule has 0 bridgehead atoms. The molecular weight excluding hydrogens is 360 g/mol. The molecule has 28 heavy (non-hydrogen) atoms. The van der Waals surface area contributed by atoms with Crippen LogP contribution < -0.4 is 10.6 Å². The van der Waals surface area contributed by atoms with Gasteiger partial charge in [-0.2, -0.15) is 0 Å². The summed E-state index contributed by atoms with van der Waals surface area (Å²) in [6.45, 7) is 9.84. The van der Waals surface area contributed by atoms with Gasteiger partial charge < -0.3 is 24.9 Å². The van der Waals surface area contributed by atoms with Gasteiger partial charge in [0, 0.05) is 43.3 Å². The molecule has 3 heterocycles. The van der Waals surface area contributed by atoms with E-state index in [9.17, 15) is 14.4 Å². The molecule has 0 atom stereocenters. The second-order valence-corrected chi connectivity index (χ2v) is 9.03. The van der Waals surface area contributed by atoms with Gasteiger partial charge in [0.05, 0.1) is 6.26 Å². The van der Waals surface area contributed by atoms with Crippen molar-refractivity contribution >= 4 is 17.7 Å². The Morgan fingerprint density at radius 2 is 1.61 bits per heavy atom. The van der Waals surface area contributed by atoms with Crippen LogP contribution in [-0.2, 0) is 9.59 Å². The maximum Gasteiger partial charge on any atom is 0.312 e. The lowest BCUT2D eigenvalue weighted by Crippen LogP contribution is -2.63. The molecule has 3 amide bonds. The highest BCUT2D eigenvalue weighted by Crippen LogP contribution is 2.28. The van der Waals surface area contributed by atoms with Crippen molar-refractivity contribution in [2.75, 3.05) is 26.2 Å². The van der Waals surface area contributed by atoms with Crippen molar-refractivity contribution in [3.63, 3.8) is 0 Å². The summed E-state index contributed by atoms with van der Waals surface area (Å²) < 4.78 is 5.14. The normalized spacial score (nSPS) is 22.0. The monoisotopic (exact) mass is 390 g/mol. The zero-order valence-corrected chi connectivity index (χ0v) is 17.1. The maximum absolute atomic E-state index is 12.6. The molecule has 0 aliphatic carbocycles. The first-order chi connectivity index (χ1) is 13.1. The van der Waals surface area contributed by atoms with Gasteiger partial charge in [0.2, 0.25) is 0 Å². The Balaban J connectivity index is 1.52. The first kappa shape index (κ1) is 20.4. The molecule has 2 aliphatic rings. The van der Waals surface area contributed by atoms with Crippen LogP contribution in [0.1, 0.15) is 51.1 Å². The summed E-state index contributed by atoms with van der Waals surface area (Å²) >= 11 is 0. The number of amides is 3. The molecule has 2 saturated heterocycles. The Hall–Kier alpha value is -2.35. The highest BCUT2D eigenvalue weighted by Gasteiger charge is 2.39. The predicted octanol–water partition coefficient (Wildman–Crippen LogP) is 0.989. The van der Waals surface area contributed by atoms with Crippen molar-refractivity contribution in [1.29, 1.82) is 0 Å². The third kappa shape index (κ3) is 4.73. The average Bonchev–Trinajstić information content (AvgIpc) is 3.12. The third-order valence-corrected chi connectivity index (χ3v) is 5.31. The average molecular weight is 390 g/mol. The van der Waals surface area contributed by atoms with E-state index in [1.54, 1.807) is 17.0 Å². The van der Waals surface area contributed by atoms with E-state index in [-0.39, 0.29) is 28.8 Å². The summed E-state index contributed by atoms with van der Waals surface area (Å²) in [5.41, 5.74) is -0.221. The SMILES string of the molecule is CC1(C)CC(NC(=O)C(=O)N2CCN(C(=O)c3ccco3)CC2)CC(C)(C)N1. The highest BCUT2D eigenvalue weighted by atomic mass is 16.3.